The Bertz CT molecular complexity index is 733. The predicted octanol–water partition coefficient (Wildman–Crippen LogP) is -0.279. The van der Waals surface area contributed by atoms with E-state index >= 15 is 0 Å². The summed E-state index contributed by atoms with van der Waals surface area (Å²) < 4.78 is 2.37. The highest BCUT2D eigenvalue weighted by atomic mass is 16.4. The maximum absolute atomic E-state index is 12.0. The van der Waals surface area contributed by atoms with Crippen molar-refractivity contribution in [3.63, 3.8) is 0 Å². The van der Waals surface area contributed by atoms with Crippen LogP contribution in [0.3, 0.4) is 0 Å². The highest BCUT2D eigenvalue weighted by molar-refractivity contribution is 5.77. The van der Waals surface area contributed by atoms with E-state index in [2.05, 4.69) is 10.4 Å². The lowest BCUT2D eigenvalue weighted by Gasteiger charge is -2.17. The van der Waals surface area contributed by atoms with Gasteiger partial charge in [-0.2, -0.15) is 0 Å². The predicted molar refractivity (Wildman–Crippen MR) is 73.9 cm³/mol. The van der Waals surface area contributed by atoms with Crippen molar-refractivity contribution in [2.24, 2.45) is 5.92 Å². The Labute approximate surface area is 120 Å². The molecule has 0 bridgehead atoms. The van der Waals surface area contributed by atoms with E-state index in [9.17, 15) is 14.4 Å². The molecule has 2 aromatic heterocycles. The first kappa shape index (κ1) is 14.8. The van der Waals surface area contributed by atoms with Gasteiger partial charge in [0.15, 0.2) is 5.65 Å². The molecular weight excluding hydrogens is 276 g/mol. The van der Waals surface area contributed by atoms with Crippen LogP contribution in [-0.4, -0.2) is 37.2 Å². The molecule has 8 heteroatoms. The molecule has 0 spiro atoms. The zero-order valence-electron chi connectivity index (χ0n) is 11.7. The number of hydrogen-bond donors (Lipinski definition) is 2. The summed E-state index contributed by atoms with van der Waals surface area (Å²) in [5.74, 6) is -2.17. The highest BCUT2D eigenvalue weighted by Crippen LogP contribution is 2.02. The van der Waals surface area contributed by atoms with Gasteiger partial charge in [0.2, 0.25) is 5.91 Å². The number of carbonyl (C=O) groups excluding carboxylic acids is 1. The van der Waals surface area contributed by atoms with Crippen molar-refractivity contribution in [1.82, 2.24) is 19.5 Å². The van der Waals surface area contributed by atoms with Crippen LogP contribution in [-0.2, 0) is 16.1 Å². The van der Waals surface area contributed by atoms with E-state index in [0.717, 1.165) is 4.68 Å². The van der Waals surface area contributed by atoms with Gasteiger partial charge in [-0.25, -0.2) is 9.48 Å². The van der Waals surface area contributed by atoms with E-state index in [1.54, 1.807) is 31.3 Å². The molecule has 2 atom stereocenters. The smallest absolute Gasteiger partial charge is 0.350 e. The first-order chi connectivity index (χ1) is 9.90. The van der Waals surface area contributed by atoms with Crippen LogP contribution in [0.15, 0.2) is 29.2 Å². The number of rotatable bonds is 5. The number of pyridine rings is 1. The van der Waals surface area contributed by atoms with E-state index in [1.165, 1.54) is 11.3 Å². The lowest BCUT2D eigenvalue weighted by molar-refractivity contribution is -0.142. The minimum Gasteiger partial charge on any atom is -0.481 e. The normalized spacial score (nSPS) is 13.8. The number of aliphatic carboxylic acids is 1. The van der Waals surface area contributed by atoms with Gasteiger partial charge in [0, 0.05) is 12.2 Å². The second-order valence-electron chi connectivity index (χ2n) is 4.85. The number of carbonyl (C=O) groups is 2. The molecule has 2 unspecified atom stereocenters. The van der Waals surface area contributed by atoms with Crippen LogP contribution in [0.25, 0.3) is 5.65 Å². The number of carboxylic acids is 1. The van der Waals surface area contributed by atoms with Gasteiger partial charge in [-0.15, -0.1) is 5.10 Å². The van der Waals surface area contributed by atoms with Gasteiger partial charge >= 0.3 is 11.7 Å². The molecule has 2 aromatic rings. The van der Waals surface area contributed by atoms with Crippen molar-refractivity contribution < 1.29 is 14.7 Å². The summed E-state index contributed by atoms with van der Waals surface area (Å²) in [6.45, 7) is 2.85. The van der Waals surface area contributed by atoms with E-state index in [0.29, 0.717) is 5.65 Å². The summed E-state index contributed by atoms with van der Waals surface area (Å²) in [4.78, 5) is 34.7. The zero-order chi connectivity index (χ0) is 15.6. The number of hydrogen-bond acceptors (Lipinski definition) is 4. The Balaban J connectivity index is 2.10. The first-order valence-electron chi connectivity index (χ1n) is 6.46. The van der Waals surface area contributed by atoms with E-state index in [-0.39, 0.29) is 6.54 Å². The molecule has 8 nitrogen and oxygen atoms in total. The molecule has 2 N–H and O–H groups in total. The quantitative estimate of drug-likeness (QED) is 0.788. The number of nitrogens with one attached hydrogen (secondary N) is 1. The molecule has 0 saturated heterocycles. The average molecular weight is 292 g/mol. The van der Waals surface area contributed by atoms with Crippen molar-refractivity contribution in [1.29, 1.82) is 0 Å². The monoisotopic (exact) mass is 292 g/mol. The Morgan fingerprint density at radius 3 is 2.71 bits per heavy atom. The van der Waals surface area contributed by atoms with Crippen LogP contribution in [0.5, 0.6) is 0 Å². The van der Waals surface area contributed by atoms with Crippen LogP contribution < -0.4 is 11.0 Å². The molecule has 0 saturated carbocycles. The molecule has 21 heavy (non-hydrogen) atoms. The van der Waals surface area contributed by atoms with Gasteiger partial charge in [0.1, 0.15) is 6.54 Å². The van der Waals surface area contributed by atoms with Crippen LogP contribution in [0.1, 0.15) is 13.8 Å². The molecule has 2 rings (SSSR count). The van der Waals surface area contributed by atoms with Gasteiger partial charge in [0.05, 0.1) is 5.92 Å². The average Bonchev–Trinajstić information content (AvgIpc) is 2.74. The maximum atomic E-state index is 12.0. The fourth-order valence-electron chi connectivity index (χ4n) is 1.85. The molecule has 0 fully saturated rings. The fourth-order valence-corrected chi connectivity index (χ4v) is 1.85. The summed E-state index contributed by atoms with van der Waals surface area (Å²) >= 11 is 0. The molecule has 0 radical (unpaired) electrons. The van der Waals surface area contributed by atoms with Crippen molar-refractivity contribution in [3.05, 3.63) is 34.9 Å². The third-order valence-electron chi connectivity index (χ3n) is 3.31. The number of nitrogens with zero attached hydrogens (tertiary/aromatic N) is 3. The van der Waals surface area contributed by atoms with Crippen molar-refractivity contribution in [2.75, 3.05) is 0 Å². The van der Waals surface area contributed by atoms with E-state index < -0.39 is 29.5 Å². The molecule has 0 aliphatic carbocycles. The second-order valence-corrected chi connectivity index (χ2v) is 4.85. The van der Waals surface area contributed by atoms with Gasteiger partial charge in [-0.05, 0) is 26.0 Å². The largest absolute Gasteiger partial charge is 0.481 e. The van der Waals surface area contributed by atoms with Gasteiger partial charge in [-0.3, -0.25) is 14.0 Å². The van der Waals surface area contributed by atoms with E-state index in [1.807, 2.05) is 0 Å². The molecular formula is C13H16N4O4. The topological polar surface area (TPSA) is 106 Å². The zero-order valence-corrected chi connectivity index (χ0v) is 11.7. The maximum Gasteiger partial charge on any atom is 0.350 e. The Morgan fingerprint density at radius 2 is 2.10 bits per heavy atom. The van der Waals surface area contributed by atoms with Crippen molar-refractivity contribution in [3.8, 4) is 0 Å². The summed E-state index contributed by atoms with van der Waals surface area (Å²) in [5.41, 5.74) is 0.0296. The SMILES string of the molecule is CC(NC(=O)Cn1nc2ccccn2c1=O)C(C)C(=O)O. The third-order valence-corrected chi connectivity index (χ3v) is 3.31. The lowest BCUT2D eigenvalue weighted by atomic mass is 10.0. The minimum absolute atomic E-state index is 0.253. The summed E-state index contributed by atoms with van der Waals surface area (Å²) in [7, 11) is 0. The molecule has 0 aliphatic rings. The summed E-state index contributed by atoms with van der Waals surface area (Å²) in [5, 5.41) is 15.5. The number of carboxylic acid groups (broad SMARTS) is 1. The Kier molecular flexibility index (Phi) is 4.06. The standard InChI is InChI=1S/C13H16N4O4/c1-8(12(19)20)9(2)14-11(18)7-17-13(21)16-6-4-3-5-10(16)15-17/h3-6,8-9H,7H2,1-2H3,(H,14,18)(H,19,20). The lowest BCUT2D eigenvalue weighted by Crippen LogP contribution is -2.42. The highest BCUT2D eigenvalue weighted by Gasteiger charge is 2.21. The molecule has 0 aromatic carbocycles. The van der Waals surface area contributed by atoms with Crippen LogP contribution in [0.2, 0.25) is 0 Å². The number of fused-ring (bicyclic) bond motifs is 1. The van der Waals surface area contributed by atoms with Gasteiger partial charge in [0.25, 0.3) is 0 Å². The third kappa shape index (κ3) is 3.10. The van der Waals surface area contributed by atoms with Crippen LogP contribution >= 0.6 is 0 Å². The van der Waals surface area contributed by atoms with Crippen LogP contribution in [0.4, 0.5) is 0 Å². The molecule has 0 aliphatic heterocycles. The number of aromatic nitrogens is 3. The fraction of sp³-hybridized carbons (Fsp3) is 0.385. The Morgan fingerprint density at radius 1 is 1.38 bits per heavy atom. The molecule has 1 amide bonds. The van der Waals surface area contributed by atoms with Crippen molar-refractivity contribution in [2.45, 2.75) is 26.4 Å². The van der Waals surface area contributed by atoms with Crippen LogP contribution in [0, 0.1) is 5.92 Å². The van der Waals surface area contributed by atoms with Gasteiger partial charge in [-0.1, -0.05) is 6.07 Å². The molecule has 2 heterocycles. The van der Waals surface area contributed by atoms with Gasteiger partial charge < -0.3 is 10.4 Å². The minimum atomic E-state index is -0.993. The first-order valence-corrected chi connectivity index (χ1v) is 6.46. The Hall–Kier alpha value is -2.64. The summed E-state index contributed by atoms with van der Waals surface area (Å²) in [6, 6.07) is 4.55. The van der Waals surface area contributed by atoms with E-state index in [4.69, 9.17) is 5.11 Å². The van der Waals surface area contributed by atoms with Crippen molar-refractivity contribution >= 4 is 17.5 Å². The number of amides is 1. The second kappa shape index (κ2) is 5.78. The molecule has 112 valence electrons. The summed E-state index contributed by atoms with van der Waals surface area (Å²) in [6.07, 6.45) is 1.56.